The maximum atomic E-state index is 12.0. The van der Waals surface area contributed by atoms with Crippen LogP contribution in [-0.2, 0) is 20.7 Å². The first-order valence-corrected chi connectivity index (χ1v) is 8.23. The number of nitrogens with one attached hydrogen (secondary N) is 1. The number of carbonyl (C=O) groups is 3. The van der Waals surface area contributed by atoms with Crippen molar-refractivity contribution in [3.63, 3.8) is 0 Å². The lowest BCUT2D eigenvalue weighted by Gasteiger charge is -2.22. The molecule has 0 spiro atoms. The molecule has 26 heavy (non-hydrogen) atoms. The fourth-order valence-electron chi connectivity index (χ4n) is 2.00. The minimum Gasteiger partial charge on any atom is -0.481 e. The van der Waals surface area contributed by atoms with Crippen LogP contribution in [0.1, 0.15) is 53.7 Å². The predicted octanol–water partition coefficient (Wildman–Crippen LogP) is 2.58. The van der Waals surface area contributed by atoms with Gasteiger partial charge in [-0.1, -0.05) is 0 Å². The third kappa shape index (κ3) is 8.50. The van der Waals surface area contributed by atoms with Gasteiger partial charge in [-0.15, -0.1) is 0 Å². The van der Waals surface area contributed by atoms with Gasteiger partial charge >= 0.3 is 18.2 Å². The molecule has 146 valence electrons. The van der Waals surface area contributed by atoms with Gasteiger partial charge < -0.3 is 19.9 Å². The monoisotopic (exact) mass is 369 g/mol. The number of imidazole rings is 1. The highest BCUT2D eigenvalue weighted by Gasteiger charge is 2.23. The van der Waals surface area contributed by atoms with Gasteiger partial charge in [0.25, 0.3) is 0 Å². The Morgan fingerprint density at radius 3 is 2.23 bits per heavy atom. The van der Waals surface area contributed by atoms with Crippen LogP contribution in [0.3, 0.4) is 0 Å². The summed E-state index contributed by atoms with van der Waals surface area (Å²) in [6, 6.07) is -0.732. The molecule has 0 aliphatic heterocycles. The Labute approximate surface area is 152 Å². The van der Waals surface area contributed by atoms with Gasteiger partial charge in [0, 0.05) is 18.7 Å². The Bertz CT molecular complexity index is 654. The van der Waals surface area contributed by atoms with Crippen LogP contribution in [0.4, 0.5) is 9.59 Å². The highest BCUT2D eigenvalue weighted by Crippen LogP contribution is 2.11. The number of nitrogens with zero attached hydrogens (tertiary/aromatic N) is 2. The number of rotatable bonds is 5. The summed E-state index contributed by atoms with van der Waals surface area (Å²) in [6.07, 6.45) is 1.25. The quantitative estimate of drug-likeness (QED) is 0.818. The molecule has 0 fully saturated rings. The van der Waals surface area contributed by atoms with Crippen LogP contribution in [0.2, 0.25) is 0 Å². The van der Waals surface area contributed by atoms with Crippen LogP contribution >= 0.6 is 0 Å². The standard InChI is InChI=1S/C17H27N3O6/c1-16(2,3)25-14(23)19-11(8-13(21)22)7-12-9-20(10-18-12)15(24)26-17(4,5)6/h9-11H,7-8H2,1-6H3,(H,19,23)(H,21,22)/t11-/m0/s1. The lowest BCUT2D eigenvalue weighted by atomic mass is 10.1. The second-order valence-electron chi connectivity index (χ2n) is 7.90. The highest BCUT2D eigenvalue weighted by molar-refractivity contribution is 5.72. The van der Waals surface area contributed by atoms with Crippen LogP contribution < -0.4 is 5.32 Å². The normalized spacial score (nSPS) is 13.0. The predicted molar refractivity (Wildman–Crippen MR) is 93.0 cm³/mol. The number of hydrogen-bond donors (Lipinski definition) is 2. The largest absolute Gasteiger partial charge is 0.481 e. The van der Waals surface area contributed by atoms with Crippen molar-refractivity contribution in [3.8, 4) is 0 Å². The first kappa shape index (κ1) is 21.5. The van der Waals surface area contributed by atoms with E-state index in [1.165, 1.54) is 17.1 Å². The topological polar surface area (TPSA) is 120 Å². The van der Waals surface area contributed by atoms with Gasteiger partial charge in [0.1, 0.15) is 17.5 Å². The van der Waals surface area contributed by atoms with Crippen molar-refractivity contribution in [2.24, 2.45) is 0 Å². The van der Waals surface area contributed by atoms with E-state index >= 15 is 0 Å². The summed E-state index contributed by atoms with van der Waals surface area (Å²) < 4.78 is 11.5. The molecule has 0 unspecified atom stereocenters. The molecule has 1 heterocycles. The number of amides is 1. The second kappa shape index (κ2) is 8.20. The zero-order chi connectivity index (χ0) is 20.1. The summed E-state index contributed by atoms with van der Waals surface area (Å²) in [5, 5.41) is 11.6. The maximum Gasteiger partial charge on any atom is 0.419 e. The highest BCUT2D eigenvalue weighted by atomic mass is 16.6. The molecule has 1 aromatic rings. The van der Waals surface area contributed by atoms with E-state index in [1.807, 2.05) is 0 Å². The van der Waals surface area contributed by atoms with Crippen molar-refractivity contribution in [1.29, 1.82) is 0 Å². The van der Waals surface area contributed by atoms with E-state index in [1.54, 1.807) is 41.5 Å². The Hall–Kier alpha value is -2.58. The van der Waals surface area contributed by atoms with Crippen LogP contribution in [0.5, 0.6) is 0 Å². The number of carboxylic acids is 1. The number of hydrogen-bond acceptors (Lipinski definition) is 6. The molecule has 0 aliphatic carbocycles. The first-order valence-electron chi connectivity index (χ1n) is 8.23. The molecular weight excluding hydrogens is 342 g/mol. The number of aliphatic carboxylic acids is 1. The number of aromatic nitrogens is 2. The fourth-order valence-corrected chi connectivity index (χ4v) is 2.00. The minimum absolute atomic E-state index is 0.126. The smallest absolute Gasteiger partial charge is 0.419 e. The summed E-state index contributed by atoms with van der Waals surface area (Å²) in [4.78, 5) is 39.0. The number of ether oxygens (including phenoxy) is 2. The molecule has 0 bridgehead atoms. The lowest BCUT2D eigenvalue weighted by molar-refractivity contribution is -0.137. The van der Waals surface area contributed by atoms with Gasteiger partial charge in [0.2, 0.25) is 0 Å². The van der Waals surface area contributed by atoms with Crippen LogP contribution in [0, 0.1) is 0 Å². The Morgan fingerprint density at radius 1 is 1.15 bits per heavy atom. The third-order valence-corrected chi connectivity index (χ3v) is 2.84. The summed E-state index contributed by atoms with van der Waals surface area (Å²) in [5.74, 6) is -1.07. The van der Waals surface area contributed by atoms with E-state index in [0.29, 0.717) is 5.69 Å². The SMILES string of the molecule is CC(C)(C)OC(=O)N[C@H](CC(=O)O)Cc1cn(C(=O)OC(C)(C)C)cn1. The molecule has 0 saturated carbocycles. The molecule has 0 aromatic carbocycles. The summed E-state index contributed by atoms with van der Waals surface area (Å²) >= 11 is 0. The van der Waals surface area contributed by atoms with Crippen LogP contribution in [0.25, 0.3) is 0 Å². The van der Waals surface area contributed by atoms with E-state index in [0.717, 1.165) is 0 Å². The minimum atomic E-state index is -1.07. The van der Waals surface area contributed by atoms with E-state index in [2.05, 4.69) is 10.3 Å². The van der Waals surface area contributed by atoms with Crippen molar-refractivity contribution in [1.82, 2.24) is 14.9 Å². The number of carbonyl (C=O) groups excluding carboxylic acids is 2. The third-order valence-electron chi connectivity index (χ3n) is 2.84. The zero-order valence-electron chi connectivity index (χ0n) is 16.0. The molecule has 1 atom stereocenters. The first-order chi connectivity index (χ1) is 11.7. The molecule has 2 N–H and O–H groups in total. The molecule has 1 rings (SSSR count). The molecule has 0 radical (unpaired) electrons. The molecule has 0 saturated heterocycles. The summed E-state index contributed by atoms with van der Waals surface area (Å²) in [5.41, 5.74) is -0.903. The van der Waals surface area contributed by atoms with Gasteiger partial charge in [0.15, 0.2) is 0 Å². The zero-order valence-corrected chi connectivity index (χ0v) is 16.0. The molecule has 1 amide bonds. The van der Waals surface area contributed by atoms with E-state index < -0.39 is 35.4 Å². The summed E-state index contributed by atoms with van der Waals surface area (Å²) in [7, 11) is 0. The van der Waals surface area contributed by atoms with Gasteiger partial charge in [-0.05, 0) is 41.5 Å². The molecule has 9 heteroatoms. The Balaban J connectivity index is 2.78. The lowest BCUT2D eigenvalue weighted by Crippen LogP contribution is -2.41. The summed E-state index contributed by atoms with van der Waals surface area (Å²) in [6.45, 7) is 10.4. The van der Waals surface area contributed by atoms with Crippen molar-refractivity contribution < 1.29 is 29.0 Å². The van der Waals surface area contributed by atoms with Gasteiger partial charge in [-0.3, -0.25) is 4.79 Å². The second-order valence-corrected chi connectivity index (χ2v) is 7.90. The van der Waals surface area contributed by atoms with Gasteiger partial charge in [0.05, 0.1) is 12.1 Å². The average Bonchev–Trinajstić information content (AvgIpc) is 2.81. The number of alkyl carbamates (subject to hydrolysis) is 1. The Morgan fingerprint density at radius 2 is 1.73 bits per heavy atom. The van der Waals surface area contributed by atoms with Crippen molar-refractivity contribution in [2.45, 2.75) is 71.6 Å². The van der Waals surface area contributed by atoms with E-state index in [9.17, 15) is 14.4 Å². The van der Waals surface area contributed by atoms with Crippen molar-refractivity contribution >= 4 is 18.2 Å². The number of carboxylic acid groups (broad SMARTS) is 1. The Kier molecular flexibility index (Phi) is 6.77. The van der Waals surface area contributed by atoms with Crippen molar-refractivity contribution in [3.05, 3.63) is 18.2 Å². The molecule has 1 aromatic heterocycles. The van der Waals surface area contributed by atoms with Gasteiger partial charge in [-0.2, -0.15) is 0 Å². The van der Waals surface area contributed by atoms with E-state index in [-0.39, 0.29) is 12.8 Å². The van der Waals surface area contributed by atoms with Gasteiger partial charge in [-0.25, -0.2) is 19.1 Å². The fraction of sp³-hybridized carbons (Fsp3) is 0.647. The van der Waals surface area contributed by atoms with Crippen LogP contribution in [-0.4, -0.2) is 50.1 Å². The molecule has 0 aliphatic rings. The van der Waals surface area contributed by atoms with Crippen molar-refractivity contribution in [2.75, 3.05) is 0 Å². The molecular formula is C17H27N3O6. The average molecular weight is 369 g/mol. The van der Waals surface area contributed by atoms with E-state index in [4.69, 9.17) is 14.6 Å². The van der Waals surface area contributed by atoms with Crippen LogP contribution in [0.15, 0.2) is 12.5 Å². The maximum absolute atomic E-state index is 12.0. The molecule has 9 nitrogen and oxygen atoms in total.